The van der Waals surface area contributed by atoms with Crippen molar-refractivity contribution in [2.75, 3.05) is 20.1 Å². The number of aliphatic hydroxyl groups is 1. The number of nitrogens with two attached hydrogens (primary N) is 1. The Kier molecular flexibility index (Phi) is 5.62. The van der Waals surface area contributed by atoms with Crippen molar-refractivity contribution in [2.45, 2.75) is 32.4 Å². The molecule has 3 heteroatoms. The van der Waals surface area contributed by atoms with Crippen LogP contribution < -0.4 is 5.73 Å². The third kappa shape index (κ3) is 5.31. The zero-order chi connectivity index (χ0) is 12.8. The minimum atomic E-state index is -0.282. The summed E-state index contributed by atoms with van der Waals surface area (Å²) >= 11 is 0. The van der Waals surface area contributed by atoms with Crippen LogP contribution in [0.5, 0.6) is 0 Å². The summed E-state index contributed by atoms with van der Waals surface area (Å²) in [5.74, 6) is 0. The highest BCUT2D eigenvalue weighted by Gasteiger charge is 2.08. The Labute approximate surface area is 104 Å². The van der Waals surface area contributed by atoms with Crippen LogP contribution in [0.4, 0.5) is 0 Å². The van der Waals surface area contributed by atoms with E-state index in [9.17, 15) is 5.11 Å². The van der Waals surface area contributed by atoms with Crippen LogP contribution in [0.25, 0.3) is 0 Å². The average molecular weight is 236 g/mol. The first kappa shape index (κ1) is 14.2. The number of aliphatic hydroxyl groups excluding tert-OH is 1. The van der Waals surface area contributed by atoms with Gasteiger partial charge in [0.1, 0.15) is 0 Å². The lowest BCUT2D eigenvalue weighted by molar-refractivity contribution is 0.139. The molecule has 0 fully saturated rings. The molecule has 17 heavy (non-hydrogen) atoms. The summed E-state index contributed by atoms with van der Waals surface area (Å²) < 4.78 is 0. The van der Waals surface area contributed by atoms with E-state index in [1.165, 1.54) is 11.1 Å². The van der Waals surface area contributed by atoms with E-state index >= 15 is 0 Å². The summed E-state index contributed by atoms with van der Waals surface area (Å²) in [7, 11) is 2.01. The van der Waals surface area contributed by atoms with Gasteiger partial charge < -0.3 is 15.7 Å². The fraction of sp³-hybridized carbons (Fsp3) is 0.571. The van der Waals surface area contributed by atoms with Gasteiger partial charge >= 0.3 is 0 Å². The summed E-state index contributed by atoms with van der Waals surface area (Å²) in [4.78, 5) is 2.11. The van der Waals surface area contributed by atoms with Gasteiger partial charge in [-0.2, -0.15) is 0 Å². The van der Waals surface area contributed by atoms with Crippen molar-refractivity contribution in [3.8, 4) is 0 Å². The van der Waals surface area contributed by atoms with Gasteiger partial charge in [0.2, 0.25) is 0 Å². The second-order valence-electron chi connectivity index (χ2n) is 4.92. The van der Waals surface area contributed by atoms with E-state index < -0.39 is 0 Å². The van der Waals surface area contributed by atoms with Crippen LogP contribution >= 0.6 is 0 Å². The third-order valence-corrected chi connectivity index (χ3v) is 2.87. The second kappa shape index (κ2) is 6.74. The zero-order valence-corrected chi connectivity index (χ0v) is 11.1. The molecule has 0 bridgehead atoms. The molecule has 0 saturated heterocycles. The lowest BCUT2D eigenvalue weighted by Gasteiger charge is -2.20. The summed E-state index contributed by atoms with van der Waals surface area (Å²) in [5.41, 5.74) is 8.59. The lowest BCUT2D eigenvalue weighted by Crippen LogP contribution is -2.30. The molecule has 0 amide bonds. The molecule has 0 aliphatic carbocycles. The molecule has 3 nitrogen and oxygen atoms in total. The topological polar surface area (TPSA) is 49.5 Å². The standard InChI is InChI=1S/C14H24N2O/c1-11-5-4-6-13(9-11)14(15)7-8-16(3)10-12(2)17/h4-6,9,12,14,17H,7-8,10,15H2,1-3H3. The maximum atomic E-state index is 9.27. The Hall–Kier alpha value is -0.900. The summed E-state index contributed by atoms with van der Waals surface area (Å²) in [6.07, 6.45) is 0.627. The van der Waals surface area contributed by atoms with E-state index in [2.05, 4.69) is 30.0 Å². The van der Waals surface area contributed by atoms with Gasteiger partial charge in [-0.25, -0.2) is 0 Å². The number of likely N-dealkylation sites (N-methyl/N-ethyl adjacent to an activating group) is 1. The van der Waals surface area contributed by atoms with Gasteiger partial charge in [0.25, 0.3) is 0 Å². The molecule has 96 valence electrons. The molecule has 2 atom stereocenters. The lowest BCUT2D eigenvalue weighted by atomic mass is 10.0. The van der Waals surface area contributed by atoms with E-state index in [0.717, 1.165) is 13.0 Å². The molecular formula is C14H24N2O. The van der Waals surface area contributed by atoms with Crippen molar-refractivity contribution >= 4 is 0 Å². The fourth-order valence-electron chi connectivity index (χ4n) is 1.97. The Balaban J connectivity index is 2.42. The van der Waals surface area contributed by atoms with E-state index in [4.69, 9.17) is 5.73 Å². The minimum absolute atomic E-state index is 0.0753. The smallest absolute Gasteiger partial charge is 0.0638 e. The SMILES string of the molecule is Cc1cccc(C(N)CCN(C)CC(C)O)c1. The van der Waals surface area contributed by atoms with Gasteiger partial charge in [0.15, 0.2) is 0 Å². The van der Waals surface area contributed by atoms with Crippen LogP contribution in [0.2, 0.25) is 0 Å². The van der Waals surface area contributed by atoms with Crippen LogP contribution in [0.1, 0.15) is 30.5 Å². The van der Waals surface area contributed by atoms with Crippen molar-refractivity contribution in [3.05, 3.63) is 35.4 Å². The molecule has 0 heterocycles. The molecule has 3 N–H and O–H groups in total. The van der Waals surface area contributed by atoms with Crippen LogP contribution in [0.3, 0.4) is 0 Å². The Morgan fingerprint density at radius 3 is 2.71 bits per heavy atom. The van der Waals surface area contributed by atoms with Crippen LogP contribution in [-0.4, -0.2) is 36.2 Å². The molecule has 1 aromatic rings. The largest absolute Gasteiger partial charge is 0.392 e. The highest BCUT2D eigenvalue weighted by atomic mass is 16.3. The summed E-state index contributed by atoms with van der Waals surface area (Å²) in [6.45, 7) is 5.48. The molecule has 0 spiro atoms. The maximum absolute atomic E-state index is 9.27. The van der Waals surface area contributed by atoms with Crippen molar-refractivity contribution in [1.82, 2.24) is 4.90 Å². The first-order valence-electron chi connectivity index (χ1n) is 6.18. The number of hydrogen-bond acceptors (Lipinski definition) is 3. The number of nitrogens with zero attached hydrogens (tertiary/aromatic N) is 1. The van der Waals surface area contributed by atoms with E-state index in [1.807, 2.05) is 13.1 Å². The van der Waals surface area contributed by atoms with Gasteiger partial charge in [-0.15, -0.1) is 0 Å². The molecular weight excluding hydrogens is 212 g/mol. The number of rotatable bonds is 6. The first-order valence-corrected chi connectivity index (χ1v) is 6.18. The first-order chi connectivity index (χ1) is 7.99. The molecule has 1 rings (SSSR count). The van der Waals surface area contributed by atoms with E-state index in [-0.39, 0.29) is 12.1 Å². The molecule has 0 radical (unpaired) electrons. The number of aryl methyl sites for hydroxylation is 1. The molecule has 1 aromatic carbocycles. The summed E-state index contributed by atoms with van der Waals surface area (Å²) in [6, 6.07) is 8.41. The van der Waals surface area contributed by atoms with Gasteiger partial charge in [-0.1, -0.05) is 29.8 Å². The van der Waals surface area contributed by atoms with Gasteiger partial charge in [0, 0.05) is 12.6 Å². The Morgan fingerprint density at radius 2 is 2.12 bits per heavy atom. The number of benzene rings is 1. The average Bonchev–Trinajstić information content (AvgIpc) is 2.25. The van der Waals surface area contributed by atoms with E-state index in [1.54, 1.807) is 6.92 Å². The van der Waals surface area contributed by atoms with E-state index in [0.29, 0.717) is 6.54 Å². The minimum Gasteiger partial charge on any atom is -0.392 e. The molecule has 0 saturated carbocycles. The van der Waals surface area contributed by atoms with Crippen LogP contribution in [0.15, 0.2) is 24.3 Å². The van der Waals surface area contributed by atoms with Gasteiger partial charge in [0.05, 0.1) is 6.10 Å². The second-order valence-corrected chi connectivity index (χ2v) is 4.92. The Bertz CT molecular complexity index is 339. The molecule has 0 aromatic heterocycles. The number of hydrogen-bond donors (Lipinski definition) is 2. The maximum Gasteiger partial charge on any atom is 0.0638 e. The van der Waals surface area contributed by atoms with Crippen molar-refractivity contribution in [3.63, 3.8) is 0 Å². The van der Waals surface area contributed by atoms with Crippen molar-refractivity contribution in [1.29, 1.82) is 0 Å². The normalized spacial score (nSPS) is 14.9. The molecule has 0 aliphatic heterocycles. The highest BCUT2D eigenvalue weighted by Crippen LogP contribution is 2.15. The fourth-order valence-corrected chi connectivity index (χ4v) is 1.97. The zero-order valence-electron chi connectivity index (χ0n) is 11.1. The quantitative estimate of drug-likeness (QED) is 0.790. The van der Waals surface area contributed by atoms with Gasteiger partial charge in [-0.3, -0.25) is 0 Å². The van der Waals surface area contributed by atoms with Crippen molar-refractivity contribution < 1.29 is 5.11 Å². The van der Waals surface area contributed by atoms with Crippen LogP contribution in [-0.2, 0) is 0 Å². The monoisotopic (exact) mass is 236 g/mol. The van der Waals surface area contributed by atoms with Crippen molar-refractivity contribution in [2.24, 2.45) is 5.73 Å². The predicted octanol–water partition coefficient (Wildman–Crippen LogP) is 1.70. The molecule has 2 unspecified atom stereocenters. The highest BCUT2D eigenvalue weighted by molar-refractivity contribution is 5.24. The summed E-state index contributed by atoms with van der Waals surface area (Å²) in [5, 5.41) is 9.27. The molecule has 0 aliphatic rings. The van der Waals surface area contributed by atoms with Crippen LogP contribution in [0, 0.1) is 6.92 Å². The van der Waals surface area contributed by atoms with Gasteiger partial charge in [-0.05, 0) is 39.4 Å². The Morgan fingerprint density at radius 1 is 1.41 bits per heavy atom. The third-order valence-electron chi connectivity index (χ3n) is 2.87. The predicted molar refractivity (Wildman–Crippen MR) is 71.9 cm³/mol.